The molecule has 0 radical (unpaired) electrons. The van der Waals surface area contributed by atoms with Crippen LogP contribution in [0.5, 0.6) is 5.75 Å². The molecule has 1 heterocycles. The third-order valence-corrected chi connectivity index (χ3v) is 5.75. The molecule has 1 aliphatic heterocycles. The van der Waals surface area contributed by atoms with E-state index in [9.17, 15) is 9.18 Å². The summed E-state index contributed by atoms with van der Waals surface area (Å²) >= 11 is 5.54. The third kappa shape index (κ3) is 3.74. The summed E-state index contributed by atoms with van der Waals surface area (Å²) in [6.07, 6.45) is 2.45. The molecule has 0 N–H and O–H groups in total. The predicted molar refractivity (Wildman–Crippen MR) is 121 cm³/mol. The van der Waals surface area contributed by atoms with E-state index >= 15 is 4.39 Å². The smallest absolute Gasteiger partial charge is 0.259 e. The summed E-state index contributed by atoms with van der Waals surface area (Å²) < 4.78 is 34.9. The van der Waals surface area contributed by atoms with Crippen molar-refractivity contribution in [2.75, 3.05) is 16.9 Å². The fourth-order valence-corrected chi connectivity index (χ4v) is 4.19. The van der Waals surface area contributed by atoms with E-state index in [4.69, 9.17) is 23.5 Å². The van der Waals surface area contributed by atoms with Crippen molar-refractivity contribution in [2.45, 2.75) is 45.6 Å². The molecule has 2 aromatic rings. The van der Waals surface area contributed by atoms with Crippen LogP contribution in [-0.4, -0.2) is 23.7 Å². The van der Waals surface area contributed by atoms with Crippen LogP contribution >= 0.6 is 12.2 Å². The van der Waals surface area contributed by atoms with Crippen LogP contribution in [0.3, 0.4) is 0 Å². The number of nitrogens with zero attached hydrogens (tertiary/aromatic N) is 3. The average molecular weight is 444 g/mol. The van der Waals surface area contributed by atoms with Gasteiger partial charge in [0.25, 0.3) is 5.91 Å². The number of hydrogen-bond donors (Lipinski definition) is 0. The molecule has 0 unspecified atom stereocenters. The van der Waals surface area contributed by atoms with Crippen molar-refractivity contribution >= 4 is 40.3 Å². The summed E-state index contributed by atoms with van der Waals surface area (Å²) in [6.45, 7) is 12.5. The second-order valence-corrected chi connectivity index (χ2v) is 8.12. The van der Waals surface area contributed by atoms with Gasteiger partial charge in [-0.2, -0.15) is 0 Å². The van der Waals surface area contributed by atoms with Crippen LogP contribution in [-0.2, 0) is 11.2 Å². The van der Waals surface area contributed by atoms with E-state index in [0.717, 1.165) is 17.7 Å². The summed E-state index contributed by atoms with van der Waals surface area (Å²) in [5.74, 6) is -1.95. The number of hydrogen-bond acceptors (Lipinski definition) is 3. The molecule has 0 atom stereocenters. The van der Waals surface area contributed by atoms with Crippen molar-refractivity contribution in [3.8, 4) is 5.75 Å². The van der Waals surface area contributed by atoms with Gasteiger partial charge in [0.05, 0.1) is 19.4 Å². The summed E-state index contributed by atoms with van der Waals surface area (Å²) in [6, 6.07) is 7.47. The largest absolute Gasteiger partial charge is 0.505 e. The van der Waals surface area contributed by atoms with Crippen LogP contribution in [0, 0.1) is 18.2 Å². The Hall–Kier alpha value is -3.05. The quantitative estimate of drug-likeness (QED) is 0.419. The van der Waals surface area contributed by atoms with E-state index in [1.54, 1.807) is 26.0 Å². The topological polar surface area (TPSA) is 37.1 Å². The van der Waals surface area contributed by atoms with Gasteiger partial charge in [-0.1, -0.05) is 25.5 Å². The molecule has 5 nitrogen and oxygen atoms in total. The highest BCUT2D eigenvalue weighted by molar-refractivity contribution is 7.81. The average Bonchev–Trinajstić information content (AvgIpc) is 2.91. The summed E-state index contributed by atoms with van der Waals surface area (Å²) in [7, 11) is 1.25. The second-order valence-electron chi connectivity index (χ2n) is 7.76. The van der Waals surface area contributed by atoms with Crippen molar-refractivity contribution in [2.24, 2.45) is 0 Å². The van der Waals surface area contributed by atoms with E-state index in [0.29, 0.717) is 17.7 Å². The Labute approximate surface area is 186 Å². The molecule has 162 valence electrons. The fourth-order valence-electron chi connectivity index (χ4n) is 3.68. The minimum absolute atomic E-state index is 0.0119. The van der Waals surface area contributed by atoms with Gasteiger partial charge in [-0.15, -0.1) is 0 Å². The first-order chi connectivity index (χ1) is 14.7. The number of thiocarbonyl (C=S) groups is 1. The molecular weight excluding hydrogens is 420 g/mol. The highest BCUT2D eigenvalue weighted by Gasteiger charge is 2.51. The SMILES string of the molecule is [C-]#[N+]c1ccc(N2C(=O)C(C)(C)N(c3ccc(CCCC)c(F)c3)C2=S)c(F)c1OC. The summed E-state index contributed by atoms with van der Waals surface area (Å²) in [5, 5.41) is 0.0206. The normalized spacial score (nSPS) is 15.4. The van der Waals surface area contributed by atoms with Gasteiger partial charge in [0.2, 0.25) is 5.69 Å². The Balaban J connectivity index is 2.06. The van der Waals surface area contributed by atoms with Gasteiger partial charge < -0.3 is 9.64 Å². The maximum absolute atomic E-state index is 15.1. The number of amides is 1. The second kappa shape index (κ2) is 8.60. The Morgan fingerprint density at radius 2 is 1.94 bits per heavy atom. The van der Waals surface area contributed by atoms with E-state index in [1.165, 1.54) is 30.2 Å². The maximum Gasteiger partial charge on any atom is 0.259 e. The number of carbonyl (C=O) groups is 1. The van der Waals surface area contributed by atoms with Gasteiger partial charge >= 0.3 is 0 Å². The van der Waals surface area contributed by atoms with Crippen LogP contribution < -0.4 is 14.5 Å². The molecule has 0 saturated carbocycles. The molecule has 1 amide bonds. The Morgan fingerprint density at radius 3 is 2.52 bits per heavy atom. The molecular formula is C23H23F2N3O2S. The molecule has 0 aromatic heterocycles. The van der Waals surface area contributed by atoms with Crippen molar-refractivity contribution < 1.29 is 18.3 Å². The van der Waals surface area contributed by atoms with Crippen molar-refractivity contribution in [3.63, 3.8) is 0 Å². The van der Waals surface area contributed by atoms with Crippen LogP contribution in [0.25, 0.3) is 4.85 Å². The van der Waals surface area contributed by atoms with Crippen molar-refractivity contribution in [1.29, 1.82) is 0 Å². The summed E-state index contributed by atoms with van der Waals surface area (Å²) in [4.78, 5) is 19.1. The first-order valence-electron chi connectivity index (χ1n) is 9.90. The Bertz CT molecular complexity index is 1090. The zero-order valence-electron chi connectivity index (χ0n) is 17.8. The number of carbonyl (C=O) groups excluding carboxylic acids is 1. The molecule has 31 heavy (non-hydrogen) atoms. The number of methoxy groups -OCH3 is 1. The molecule has 8 heteroatoms. The highest BCUT2D eigenvalue weighted by Crippen LogP contribution is 2.42. The molecule has 0 spiro atoms. The highest BCUT2D eigenvalue weighted by atomic mass is 32.1. The van der Waals surface area contributed by atoms with E-state index < -0.39 is 17.3 Å². The van der Waals surface area contributed by atoms with Gasteiger partial charge in [-0.25, -0.2) is 13.6 Å². The molecule has 0 aliphatic carbocycles. The number of benzene rings is 2. The number of aryl methyl sites for hydroxylation is 1. The lowest BCUT2D eigenvalue weighted by Gasteiger charge is -2.29. The van der Waals surface area contributed by atoms with Gasteiger partial charge in [-0.05, 0) is 62.7 Å². The third-order valence-electron chi connectivity index (χ3n) is 5.38. The van der Waals surface area contributed by atoms with Gasteiger partial charge in [-0.3, -0.25) is 9.69 Å². The zero-order valence-corrected chi connectivity index (χ0v) is 18.6. The standard InChI is InChI=1S/C23H23F2N3O2S/c1-6-7-8-14-9-10-15(13-16(14)24)28-22(31)27(21(29)23(28,2)3)18-12-11-17(26-4)20(30-5)19(18)25/h9-13H,6-8H2,1-3,5H3. The molecule has 0 bridgehead atoms. The summed E-state index contributed by atoms with van der Waals surface area (Å²) in [5.41, 5.74) is -0.292. The fraction of sp³-hybridized carbons (Fsp3) is 0.348. The lowest BCUT2D eigenvalue weighted by molar-refractivity contribution is -0.120. The molecule has 1 aliphatic rings. The Kier molecular flexibility index (Phi) is 6.27. The van der Waals surface area contributed by atoms with Crippen LogP contribution in [0.1, 0.15) is 39.2 Å². The first kappa shape index (κ1) is 22.6. The predicted octanol–water partition coefficient (Wildman–Crippen LogP) is 5.78. The monoisotopic (exact) mass is 443 g/mol. The molecule has 1 saturated heterocycles. The van der Waals surface area contributed by atoms with E-state index in [2.05, 4.69) is 4.85 Å². The minimum atomic E-state index is -1.17. The number of unbranched alkanes of at least 4 members (excludes halogenated alkanes) is 1. The minimum Gasteiger partial charge on any atom is -0.505 e. The Morgan fingerprint density at radius 1 is 1.23 bits per heavy atom. The number of anilines is 2. The first-order valence-corrected chi connectivity index (χ1v) is 10.3. The van der Waals surface area contributed by atoms with Crippen LogP contribution in [0.4, 0.5) is 25.8 Å². The number of rotatable bonds is 6. The van der Waals surface area contributed by atoms with Crippen molar-refractivity contribution in [3.05, 3.63) is 58.9 Å². The lowest BCUT2D eigenvalue weighted by Crippen LogP contribution is -2.44. The van der Waals surface area contributed by atoms with Gasteiger partial charge in [0, 0.05) is 5.69 Å². The molecule has 1 fully saturated rings. The van der Waals surface area contributed by atoms with Crippen LogP contribution in [0.2, 0.25) is 0 Å². The number of ether oxygens (including phenoxy) is 1. The van der Waals surface area contributed by atoms with Crippen molar-refractivity contribution in [1.82, 2.24) is 0 Å². The lowest BCUT2D eigenvalue weighted by atomic mass is 10.0. The molecule has 3 rings (SSSR count). The zero-order chi connectivity index (χ0) is 22.9. The van der Waals surface area contributed by atoms with Gasteiger partial charge in [0.15, 0.2) is 16.7 Å². The maximum atomic E-state index is 15.1. The number of halogens is 2. The molecule has 2 aromatic carbocycles. The van der Waals surface area contributed by atoms with Crippen LogP contribution in [0.15, 0.2) is 30.3 Å². The van der Waals surface area contributed by atoms with E-state index in [-0.39, 0.29) is 28.1 Å². The van der Waals surface area contributed by atoms with Gasteiger partial charge in [0.1, 0.15) is 11.4 Å². The van der Waals surface area contributed by atoms with E-state index in [1.807, 2.05) is 6.92 Å².